The zero-order valence-electron chi connectivity index (χ0n) is 20.1. The summed E-state index contributed by atoms with van der Waals surface area (Å²) in [5.74, 6) is 0. The fourth-order valence-corrected chi connectivity index (χ4v) is 5.71. The highest BCUT2D eigenvalue weighted by molar-refractivity contribution is 5.94. The Labute approximate surface area is 198 Å². The van der Waals surface area contributed by atoms with E-state index in [0.29, 0.717) is 6.04 Å². The normalized spacial score (nSPS) is 15.4. The number of aromatic nitrogens is 1. The van der Waals surface area contributed by atoms with Crippen molar-refractivity contribution in [2.45, 2.75) is 58.9 Å². The first kappa shape index (κ1) is 21.7. The number of pyridine rings is 1. The maximum Gasteiger partial charge on any atom is 0.0711 e. The van der Waals surface area contributed by atoms with Gasteiger partial charge in [-0.2, -0.15) is 0 Å². The van der Waals surface area contributed by atoms with Gasteiger partial charge in [0.1, 0.15) is 0 Å². The molecule has 1 unspecified atom stereocenters. The minimum Gasteiger partial charge on any atom is -0.364 e. The number of fused-ring (bicyclic) bond motifs is 2. The first-order valence-corrected chi connectivity index (χ1v) is 12.6. The molecule has 33 heavy (non-hydrogen) atoms. The molecule has 1 atom stereocenters. The van der Waals surface area contributed by atoms with Gasteiger partial charge in [0.05, 0.1) is 11.7 Å². The van der Waals surface area contributed by atoms with Crippen LogP contribution in [0.1, 0.15) is 62.0 Å². The van der Waals surface area contributed by atoms with Crippen LogP contribution >= 0.6 is 0 Å². The van der Waals surface area contributed by atoms with Gasteiger partial charge >= 0.3 is 0 Å². The van der Waals surface area contributed by atoms with Crippen LogP contribution in [-0.2, 0) is 19.3 Å². The Kier molecular flexibility index (Phi) is 6.17. The molecule has 0 saturated carbocycles. The zero-order chi connectivity index (χ0) is 22.8. The lowest BCUT2D eigenvalue weighted by Crippen LogP contribution is -2.32. The molecule has 3 aromatic carbocycles. The topological polar surface area (TPSA) is 16.1 Å². The van der Waals surface area contributed by atoms with Crippen molar-refractivity contribution in [1.29, 1.82) is 0 Å². The molecule has 0 spiro atoms. The molecule has 0 radical (unpaired) electrons. The van der Waals surface area contributed by atoms with E-state index in [4.69, 9.17) is 4.98 Å². The maximum atomic E-state index is 5.30. The van der Waals surface area contributed by atoms with Crippen molar-refractivity contribution in [3.05, 3.63) is 95.2 Å². The lowest BCUT2D eigenvalue weighted by Gasteiger charge is -2.38. The van der Waals surface area contributed by atoms with Gasteiger partial charge in [0.15, 0.2) is 0 Å². The van der Waals surface area contributed by atoms with Gasteiger partial charge in [-0.1, -0.05) is 74.5 Å². The highest BCUT2D eigenvalue weighted by atomic mass is 15.2. The summed E-state index contributed by atoms with van der Waals surface area (Å²) in [5.41, 5.74) is 9.42. The fourth-order valence-electron chi connectivity index (χ4n) is 5.71. The third-order valence-electron chi connectivity index (χ3n) is 7.30. The van der Waals surface area contributed by atoms with Gasteiger partial charge in [-0.3, -0.25) is 4.98 Å². The van der Waals surface area contributed by atoms with Gasteiger partial charge in [-0.05, 0) is 73.2 Å². The smallest absolute Gasteiger partial charge is 0.0711 e. The van der Waals surface area contributed by atoms with E-state index in [1.807, 2.05) is 0 Å². The van der Waals surface area contributed by atoms with Crippen LogP contribution in [0.5, 0.6) is 0 Å². The summed E-state index contributed by atoms with van der Waals surface area (Å²) < 4.78 is 0. The maximum absolute atomic E-state index is 5.30. The first-order valence-electron chi connectivity index (χ1n) is 12.6. The molecular weight excluding hydrogens is 400 g/mol. The zero-order valence-corrected chi connectivity index (χ0v) is 20.1. The summed E-state index contributed by atoms with van der Waals surface area (Å²) in [6.07, 6.45) is 5.52. The number of aryl methyl sites for hydroxylation is 3. The number of anilines is 1. The second kappa shape index (κ2) is 9.39. The molecule has 1 heterocycles. The molecule has 1 aromatic heterocycles. The Morgan fingerprint density at radius 2 is 1.61 bits per heavy atom. The molecule has 1 aliphatic rings. The van der Waals surface area contributed by atoms with Crippen molar-refractivity contribution in [1.82, 2.24) is 4.98 Å². The van der Waals surface area contributed by atoms with Gasteiger partial charge in [0.25, 0.3) is 0 Å². The fraction of sp³-hybridized carbons (Fsp3) is 0.323. The Hall–Kier alpha value is -3.13. The van der Waals surface area contributed by atoms with Crippen molar-refractivity contribution in [3.63, 3.8) is 0 Å². The summed E-state index contributed by atoms with van der Waals surface area (Å²) >= 11 is 0. The Morgan fingerprint density at radius 3 is 2.42 bits per heavy atom. The third kappa shape index (κ3) is 3.93. The molecule has 0 fully saturated rings. The monoisotopic (exact) mass is 434 g/mol. The SMILES string of the molecule is CCc1ccccc1-c1cc(CC)c2c(n1)CCCC2N(CC)c1cccc2ccccc12. The van der Waals surface area contributed by atoms with Crippen molar-refractivity contribution in [3.8, 4) is 11.3 Å². The van der Waals surface area contributed by atoms with Gasteiger partial charge in [-0.25, -0.2) is 0 Å². The summed E-state index contributed by atoms with van der Waals surface area (Å²) in [6, 6.07) is 27.0. The highest BCUT2D eigenvalue weighted by Gasteiger charge is 2.30. The quantitative estimate of drug-likeness (QED) is 0.306. The van der Waals surface area contributed by atoms with E-state index in [0.717, 1.165) is 31.5 Å². The second-order valence-corrected chi connectivity index (χ2v) is 9.08. The Bertz CT molecular complexity index is 1250. The molecule has 2 nitrogen and oxygen atoms in total. The number of benzene rings is 3. The molecule has 1 aliphatic carbocycles. The molecule has 0 bridgehead atoms. The van der Waals surface area contributed by atoms with Crippen LogP contribution in [0.4, 0.5) is 5.69 Å². The van der Waals surface area contributed by atoms with E-state index in [9.17, 15) is 0 Å². The van der Waals surface area contributed by atoms with Crippen LogP contribution in [0, 0.1) is 0 Å². The van der Waals surface area contributed by atoms with Gasteiger partial charge in [0, 0.05) is 28.9 Å². The van der Waals surface area contributed by atoms with Crippen LogP contribution in [0.25, 0.3) is 22.0 Å². The van der Waals surface area contributed by atoms with Gasteiger partial charge in [0.2, 0.25) is 0 Å². The molecule has 0 N–H and O–H groups in total. The molecule has 168 valence electrons. The molecule has 2 heteroatoms. The van der Waals surface area contributed by atoms with E-state index in [-0.39, 0.29) is 0 Å². The van der Waals surface area contributed by atoms with Crippen molar-refractivity contribution in [2.24, 2.45) is 0 Å². The van der Waals surface area contributed by atoms with Crippen LogP contribution in [0.15, 0.2) is 72.8 Å². The minimum atomic E-state index is 0.377. The first-order chi connectivity index (χ1) is 16.2. The molecule has 0 aliphatic heterocycles. The number of rotatable bonds is 6. The number of hydrogen-bond donors (Lipinski definition) is 0. The second-order valence-electron chi connectivity index (χ2n) is 9.08. The Balaban J connectivity index is 1.64. The van der Waals surface area contributed by atoms with E-state index in [2.05, 4.69) is 98.5 Å². The lowest BCUT2D eigenvalue weighted by molar-refractivity contribution is 0.517. The number of nitrogens with zero attached hydrogens (tertiary/aromatic N) is 2. The predicted octanol–water partition coefficient (Wildman–Crippen LogP) is 7.93. The average molecular weight is 435 g/mol. The van der Waals surface area contributed by atoms with E-state index in [1.54, 1.807) is 0 Å². The lowest BCUT2D eigenvalue weighted by atomic mass is 9.84. The van der Waals surface area contributed by atoms with Crippen molar-refractivity contribution in [2.75, 3.05) is 11.4 Å². The molecule has 5 rings (SSSR count). The Morgan fingerprint density at radius 1 is 0.848 bits per heavy atom. The number of hydrogen-bond acceptors (Lipinski definition) is 2. The average Bonchev–Trinajstić information content (AvgIpc) is 2.88. The van der Waals surface area contributed by atoms with E-state index < -0.39 is 0 Å². The van der Waals surface area contributed by atoms with E-state index >= 15 is 0 Å². The van der Waals surface area contributed by atoms with Crippen LogP contribution < -0.4 is 4.90 Å². The molecule has 0 amide bonds. The summed E-state index contributed by atoms with van der Waals surface area (Å²) in [7, 11) is 0. The molecule has 4 aromatic rings. The minimum absolute atomic E-state index is 0.377. The van der Waals surface area contributed by atoms with E-state index in [1.165, 1.54) is 57.2 Å². The van der Waals surface area contributed by atoms with Crippen LogP contribution in [0.3, 0.4) is 0 Å². The summed E-state index contributed by atoms with van der Waals surface area (Å²) in [6.45, 7) is 7.81. The van der Waals surface area contributed by atoms with Crippen LogP contribution in [-0.4, -0.2) is 11.5 Å². The van der Waals surface area contributed by atoms with Crippen molar-refractivity contribution < 1.29 is 0 Å². The largest absolute Gasteiger partial charge is 0.364 e. The van der Waals surface area contributed by atoms with Gasteiger partial charge in [-0.15, -0.1) is 0 Å². The van der Waals surface area contributed by atoms with Gasteiger partial charge < -0.3 is 4.90 Å². The van der Waals surface area contributed by atoms with Crippen molar-refractivity contribution >= 4 is 16.5 Å². The third-order valence-corrected chi connectivity index (χ3v) is 7.30. The predicted molar refractivity (Wildman–Crippen MR) is 141 cm³/mol. The summed E-state index contributed by atoms with van der Waals surface area (Å²) in [4.78, 5) is 7.92. The summed E-state index contributed by atoms with van der Waals surface area (Å²) in [5, 5.41) is 2.65. The molecule has 0 saturated heterocycles. The standard InChI is InChI=1S/C31H34N2/c1-4-22-13-7-9-16-25(22)28-21-23(5-2)31-27(32-28)18-12-20-30(31)33(6-3)29-19-11-15-24-14-8-10-17-26(24)29/h7-11,13-17,19,21,30H,4-6,12,18,20H2,1-3H3. The molecular formula is C31H34N2. The highest BCUT2D eigenvalue weighted by Crippen LogP contribution is 2.41. The van der Waals surface area contributed by atoms with Crippen LogP contribution in [0.2, 0.25) is 0 Å².